The zero-order valence-electron chi connectivity index (χ0n) is 13.8. The Morgan fingerprint density at radius 3 is 2.91 bits per heavy atom. The third-order valence-electron chi connectivity index (χ3n) is 4.59. The number of likely N-dealkylation sites (tertiary alicyclic amines) is 1. The molecule has 0 spiro atoms. The van der Waals surface area contributed by atoms with Crippen molar-refractivity contribution in [2.24, 2.45) is 5.92 Å². The molecule has 3 heterocycles. The van der Waals surface area contributed by atoms with Crippen molar-refractivity contribution in [3.63, 3.8) is 0 Å². The molecule has 1 aromatic rings. The average Bonchev–Trinajstić information content (AvgIpc) is 3.21. The van der Waals surface area contributed by atoms with Crippen LogP contribution < -0.4 is 0 Å². The second-order valence-corrected chi connectivity index (χ2v) is 6.37. The Balaban J connectivity index is 1.43. The molecule has 3 rings (SSSR count). The molecule has 0 aromatic carbocycles. The summed E-state index contributed by atoms with van der Waals surface area (Å²) < 4.78 is 12.6. The molecule has 128 valence electrons. The van der Waals surface area contributed by atoms with Crippen LogP contribution >= 0.6 is 0 Å². The summed E-state index contributed by atoms with van der Waals surface area (Å²) in [6, 6.07) is 0. The van der Waals surface area contributed by atoms with E-state index in [9.17, 15) is 4.79 Å². The Kier molecular flexibility index (Phi) is 5.61. The zero-order valence-corrected chi connectivity index (χ0v) is 13.8. The van der Waals surface area contributed by atoms with Gasteiger partial charge in [-0.1, -0.05) is 5.21 Å². The quantitative estimate of drug-likeness (QED) is 0.734. The van der Waals surface area contributed by atoms with E-state index in [-0.39, 0.29) is 18.0 Å². The Morgan fingerprint density at radius 1 is 1.39 bits per heavy atom. The van der Waals surface area contributed by atoms with Crippen molar-refractivity contribution in [3.8, 4) is 0 Å². The highest BCUT2D eigenvalue weighted by Crippen LogP contribution is 2.20. The number of hydrogen-bond donors (Lipinski definition) is 0. The highest BCUT2D eigenvalue weighted by molar-refractivity contribution is 5.72. The largest absolute Gasteiger partial charge is 0.466 e. The minimum absolute atomic E-state index is 0.0466. The molecule has 0 amide bonds. The fraction of sp³-hybridized carbons (Fsp3) is 0.812. The number of carbonyl (C=O) groups excluding carboxylic acids is 1. The van der Waals surface area contributed by atoms with Crippen LogP contribution in [-0.4, -0.2) is 58.3 Å². The number of piperidine rings is 1. The Bertz CT molecular complexity index is 505. The minimum atomic E-state index is -0.0466. The number of aromatic nitrogens is 3. The number of carbonyl (C=O) groups is 1. The number of hydrogen-bond acceptors (Lipinski definition) is 6. The van der Waals surface area contributed by atoms with E-state index in [2.05, 4.69) is 15.2 Å². The molecule has 2 fully saturated rings. The summed E-state index contributed by atoms with van der Waals surface area (Å²) in [6.45, 7) is 6.57. The summed E-state index contributed by atoms with van der Waals surface area (Å²) in [6.07, 6.45) is 6.27. The molecular weight excluding hydrogens is 296 g/mol. The van der Waals surface area contributed by atoms with Crippen LogP contribution in [0.3, 0.4) is 0 Å². The number of nitrogens with zero attached hydrogens (tertiary/aromatic N) is 4. The maximum atomic E-state index is 11.8. The first-order chi connectivity index (χ1) is 11.2. The molecule has 0 bridgehead atoms. The smallest absolute Gasteiger partial charge is 0.309 e. The average molecular weight is 322 g/mol. The van der Waals surface area contributed by atoms with Crippen molar-refractivity contribution in [1.29, 1.82) is 0 Å². The predicted molar refractivity (Wildman–Crippen MR) is 83.6 cm³/mol. The van der Waals surface area contributed by atoms with Crippen molar-refractivity contribution in [2.75, 3.05) is 26.3 Å². The molecule has 2 aliphatic rings. The first-order valence-corrected chi connectivity index (χ1v) is 8.64. The van der Waals surface area contributed by atoms with Gasteiger partial charge in [-0.15, -0.1) is 5.10 Å². The second kappa shape index (κ2) is 7.88. The van der Waals surface area contributed by atoms with Gasteiger partial charge in [-0.3, -0.25) is 9.69 Å². The van der Waals surface area contributed by atoms with Crippen LogP contribution in [0.25, 0.3) is 0 Å². The Morgan fingerprint density at radius 2 is 2.22 bits per heavy atom. The molecule has 1 atom stereocenters. The van der Waals surface area contributed by atoms with Crippen molar-refractivity contribution in [2.45, 2.75) is 51.8 Å². The van der Waals surface area contributed by atoms with Gasteiger partial charge in [0.25, 0.3) is 0 Å². The molecule has 0 saturated carbocycles. The molecule has 7 nitrogen and oxygen atoms in total. The van der Waals surface area contributed by atoms with E-state index < -0.39 is 0 Å². The lowest BCUT2D eigenvalue weighted by Gasteiger charge is -2.30. The van der Waals surface area contributed by atoms with Crippen LogP contribution in [0.4, 0.5) is 0 Å². The third-order valence-corrected chi connectivity index (χ3v) is 4.59. The normalized spacial score (nSPS) is 23.3. The van der Waals surface area contributed by atoms with Gasteiger partial charge < -0.3 is 9.47 Å². The molecule has 0 radical (unpaired) electrons. The standard InChI is InChI=1S/C16H26N4O3/c1-2-22-16(21)13-5-7-19(8-6-13)10-14-11-20(18-17-14)12-15-4-3-9-23-15/h11,13,15H,2-10,12H2,1H3. The summed E-state index contributed by atoms with van der Waals surface area (Å²) in [7, 11) is 0. The number of rotatable bonds is 6. The van der Waals surface area contributed by atoms with Crippen molar-refractivity contribution >= 4 is 5.97 Å². The van der Waals surface area contributed by atoms with E-state index in [1.165, 1.54) is 0 Å². The highest BCUT2D eigenvalue weighted by atomic mass is 16.5. The van der Waals surface area contributed by atoms with Crippen LogP contribution in [0.5, 0.6) is 0 Å². The molecular formula is C16H26N4O3. The fourth-order valence-electron chi connectivity index (χ4n) is 3.31. The van der Waals surface area contributed by atoms with Gasteiger partial charge >= 0.3 is 5.97 Å². The highest BCUT2D eigenvalue weighted by Gasteiger charge is 2.26. The van der Waals surface area contributed by atoms with Gasteiger partial charge in [-0.05, 0) is 45.7 Å². The molecule has 2 aliphatic heterocycles. The minimum Gasteiger partial charge on any atom is -0.466 e. The van der Waals surface area contributed by atoms with Gasteiger partial charge in [0.2, 0.25) is 0 Å². The van der Waals surface area contributed by atoms with E-state index in [0.717, 1.165) is 64.2 Å². The van der Waals surface area contributed by atoms with Gasteiger partial charge in [0.1, 0.15) is 0 Å². The van der Waals surface area contributed by atoms with Crippen LogP contribution in [0.1, 0.15) is 38.3 Å². The monoisotopic (exact) mass is 322 g/mol. The van der Waals surface area contributed by atoms with E-state index >= 15 is 0 Å². The first kappa shape index (κ1) is 16.4. The Labute approximate surface area is 136 Å². The van der Waals surface area contributed by atoms with Crippen LogP contribution in [-0.2, 0) is 27.4 Å². The summed E-state index contributed by atoms with van der Waals surface area (Å²) >= 11 is 0. The molecule has 0 aliphatic carbocycles. The Hall–Kier alpha value is -1.47. The molecule has 1 unspecified atom stereocenters. The predicted octanol–water partition coefficient (Wildman–Crippen LogP) is 1.23. The lowest BCUT2D eigenvalue weighted by Crippen LogP contribution is -2.36. The zero-order chi connectivity index (χ0) is 16.1. The summed E-state index contributed by atoms with van der Waals surface area (Å²) in [5.74, 6) is 0.0102. The number of esters is 1. The number of ether oxygens (including phenoxy) is 2. The van der Waals surface area contributed by atoms with E-state index in [0.29, 0.717) is 6.61 Å². The van der Waals surface area contributed by atoms with Gasteiger partial charge in [-0.25, -0.2) is 4.68 Å². The lowest BCUT2D eigenvalue weighted by atomic mass is 9.97. The van der Waals surface area contributed by atoms with E-state index in [1.807, 2.05) is 17.8 Å². The van der Waals surface area contributed by atoms with Crippen LogP contribution in [0.2, 0.25) is 0 Å². The van der Waals surface area contributed by atoms with Crippen LogP contribution in [0, 0.1) is 5.92 Å². The first-order valence-electron chi connectivity index (χ1n) is 8.64. The van der Waals surface area contributed by atoms with Gasteiger partial charge in [0, 0.05) is 19.3 Å². The van der Waals surface area contributed by atoms with Crippen molar-refractivity contribution in [1.82, 2.24) is 19.9 Å². The molecule has 0 N–H and O–H groups in total. The third kappa shape index (κ3) is 4.51. The second-order valence-electron chi connectivity index (χ2n) is 6.37. The molecule has 23 heavy (non-hydrogen) atoms. The lowest BCUT2D eigenvalue weighted by molar-refractivity contribution is -0.149. The molecule has 7 heteroatoms. The van der Waals surface area contributed by atoms with Crippen LogP contribution in [0.15, 0.2) is 6.20 Å². The summed E-state index contributed by atoms with van der Waals surface area (Å²) in [5.41, 5.74) is 0.984. The fourth-order valence-corrected chi connectivity index (χ4v) is 3.31. The summed E-state index contributed by atoms with van der Waals surface area (Å²) in [4.78, 5) is 14.1. The van der Waals surface area contributed by atoms with Gasteiger partial charge in [0.05, 0.1) is 30.9 Å². The molecule has 2 saturated heterocycles. The SMILES string of the molecule is CCOC(=O)C1CCN(Cc2cn(CC3CCCO3)nn2)CC1. The molecule has 1 aromatic heterocycles. The van der Waals surface area contributed by atoms with Crippen molar-refractivity contribution < 1.29 is 14.3 Å². The maximum Gasteiger partial charge on any atom is 0.309 e. The van der Waals surface area contributed by atoms with E-state index in [1.54, 1.807) is 0 Å². The van der Waals surface area contributed by atoms with Crippen molar-refractivity contribution in [3.05, 3.63) is 11.9 Å². The van der Waals surface area contributed by atoms with E-state index in [4.69, 9.17) is 9.47 Å². The van der Waals surface area contributed by atoms with Gasteiger partial charge in [-0.2, -0.15) is 0 Å². The maximum absolute atomic E-state index is 11.8. The summed E-state index contributed by atoms with van der Waals surface area (Å²) in [5, 5.41) is 8.46. The van der Waals surface area contributed by atoms with Gasteiger partial charge in [0.15, 0.2) is 0 Å². The topological polar surface area (TPSA) is 69.5 Å².